The molecule has 1 rings (SSSR count). The zero-order chi connectivity index (χ0) is 16.5. The molecule has 0 amide bonds. The Kier molecular flexibility index (Phi) is 8.44. The number of carbonyl (C=O) groups excluding carboxylic acids is 1. The summed E-state index contributed by atoms with van der Waals surface area (Å²) in [6.45, 7) is 1.10. The number of hydrogen-bond donors (Lipinski definition) is 0. The van der Waals surface area contributed by atoms with Crippen LogP contribution in [0, 0.1) is 0 Å². The number of quaternary nitrogens is 1. The van der Waals surface area contributed by atoms with Gasteiger partial charge in [0.15, 0.2) is 0 Å². The SMILES string of the molecule is COC(=O)CP(=O)([O-])OC.C[N+](C)(C)Cc1ccccc1. The monoisotopic (exact) mass is 317 g/mol. The molecule has 0 radical (unpaired) electrons. The van der Waals surface area contributed by atoms with E-state index in [1.165, 1.54) is 5.56 Å². The molecule has 0 aliphatic heterocycles. The van der Waals surface area contributed by atoms with Crippen molar-refractivity contribution in [2.45, 2.75) is 6.54 Å². The summed E-state index contributed by atoms with van der Waals surface area (Å²) in [5, 5.41) is 0. The van der Waals surface area contributed by atoms with E-state index in [0.29, 0.717) is 0 Å². The minimum absolute atomic E-state index is 0.708. The summed E-state index contributed by atoms with van der Waals surface area (Å²) in [5.41, 5.74) is 1.40. The van der Waals surface area contributed by atoms with Gasteiger partial charge in [-0.15, -0.1) is 0 Å². The minimum atomic E-state index is -3.97. The molecule has 6 nitrogen and oxygen atoms in total. The highest BCUT2D eigenvalue weighted by molar-refractivity contribution is 7.52. The van der Waals surface area contributed by atoms with Crippen LogP contribution in [0.3, 0.4) is 0 Å². The summed E-state index contributed by atoms with van der Waals surface area (Å²) < 4.78 is 19.6. The van der Waals surface area contributed by atoms with Crippen LogP contribution >= 0.6 is 7.60 Å². The first-order valence-corrected chi connectivity index (χ1v) is 8.09. The molecule has 1 aromatic carbocycles. The van der Waals surface area contributed by atoms with Crippen molar-refractivity contribution in [3.8, 4) is 0 Å². The second-order valence-electron chi connectivity index (χ2n) is 5.46. The molecule has 7 heteroatoms. The van der Waals surface area contributed by atoms with Crippen molar-refractivity contribution < 1.29 is 28.0 Å². The lowest BCUT2D eigenvalue weighted by molar-refractivity contribution is -0.884. The Morgan fingerprint density at radius 3 is 2.10 bits per heavy atom. The maximum atomic E-state index is 10.5. The molecule has 21 heavy (non-hydrogen) atoms. The van der Waals surface area contributed by atoms with Gasteiger partial charge in [0, 0.05) is 12.7 Å². The average molecular weight is 317 g/mol. The van der Waals surface area contributed by atoms with Crippen molar-refractivity contribution in [1.29, 1.82) is 0 Å². The van der Waals surface area contributed by atoms with E-state index in [9.17, 15) is 14.3 Å². The standard InChI is InChI=1S/C10H16N.C4H9O5P/c1-11(2,3)9-10-7-5-4-6-8-10;1-8-4(5)3-10(6,7)9-2/h4-8H,9H2,1-3H3;3H2,1-2H3,(H,6,7)/q+1;/p-1. The molecular formula is C14H24NO5P. The number of hydrogen-bond acceptors (Lipinski definition) is 5. The lowest BCUT2D eigenvalue weighted by atomic mass is 10.2. The fourth-order valence-corrected chi connectivity index (χ4v) is 1.99. The fourth-order valence-electron chi connectivity index (χ4n) is 1.42. The highest BCUT2D eigenvalue weighted by atomic mass is 31.2. The Hall–Kier alpha value is -1.20. The molecule has 0 N–H and O–H groups in total. The first-order chi connectivity index (χ1) is 9.59. The molecule has 1 aromatic rings. The third kappa shape index (κ3) is 11.2. The van der Waals surface area contributed by atoms with Crippen LogP contribution in [0.5, 0.6) is 0 Å². The van der Waals surface area contributed by atoms with Gasteiger partial charge in [-0.25, -0.2) is 0 Å². The Bertz CT molecular complexity index is 470. The van der Waals surface area contributed by atoms with Crippen molar-refractivity contribution in [3.63, 3.8) is 0 Å². The zero-order valence-corrected chi connectivity index (χ0v) is 14.1. The molecule has 120 valence electrons. The quantitative estimate of drug-likeness (QED) is 0.464. The average Bonchev–Trinajstić information content (AvgIpc) is 2.38. The van der Waals surface area contributed by atoms with Crippen molar-refractivity contribution in [2.75, 3.05) is 41.5 Å². The van der Waals surface area contributed by atoms with Gasteiger partial charge in [0.2, 0.25) is 0 Å². The van der Waals surface area contributed by atoms with Crippen LogP contribution in [0.4, 0.5) is 0 Å². The predicted molar refractivity (Wildman–Crippen MR) is 79.7 cm³/mol. The van der Waals surface area contributed by atoms with Crippen LogP contribution in [-0.2, 0) is 25.2 Å². The van der Waals surface area contributed by atoms with E-state index in [4.69, 9.17) is 0 Å². The van der Waals surface area contributed by atoms with Crippen LogP contribution < -0.4 is 4.89 Å². The summed E-state index contributed by atoms with van der Waals surface area (Å²) in [6, 6.07) is 10.6. The normalized spacial score (nSPS) is 13.6. The fraction of sp³-hybridized carbons (Fsp3) is 0.500. The van der Waals surface area contributed by atoms with Crippen LogP contribution in [0.25, 0.3) is 0 Å². The maximum Gasteiger partial charge on any atom is 0.314 e. The second kappa shape index (κ2) is 8.95. The number of benzene rings is 1. The van der Waals surface area contributed by atoms with Crippen molar-refractivity contribution in [1.82, 2.24) is 0 Å². The maximum absolute atomic E-state index is 10.5. The summed E-state index contributed by atoms with van der Waals surface area (Å²) in [5.74, 6) is -0.819. The number of methoxy groups -OCH3 is 1. The molecule has 0 heterocycles. The smallest absolute Gasteiger partial charge is 0.314 e. The molecule has 0 aliphatic rings. The molecule has 0 saturated carbocycles. The van der Waals surface area contributed by atoms with Gasteiger partial charge in [0.1, 0.15) is 20.3 Å². The van der Waals surface area contributed by atoms with Gasteiger partial charge < -0.3 is 23.2 Å². The minimum Gasteiger partial charge on any atom is -0.778 e. The molecule has 1 unspecified atom stereocenters. The highest BCUT2D eigenvalue weighted by Gasteiger charge is 2.12. The van der Waals surface area contributed by atoms with E-state index >= 15 is 0 Å². The first-order valence-electron chi connectivity index (χ1n) is 6.36. The molecule has 0 spiro atoms. The molecule has 0 fully saturated rings. The molecule has 0 bridgehead atoms. The van der Waals surface area contributed by atoms with Crippen LogP contribution in [-0.4, -0.2) is 52.0 Å². The Morgan fingerprint density at radius 1 is 1.19 bits per heavy atom. The molecule has 0 saturated heterocycles. The third-order valence-corrected chi connectivity index (χ3v) is 3.53. The molecule has 0 aromatic heterocycles. The molecule has 1 atom stereocenters. The van der Waals surface area contributed by atoms with Crippen LogP contribution in [0.15, 0.2) is 30.3 Å². The topological polar surface area (TPSA) is 75.7 Å². The number of esters is 1. The van der Waals surface area contributed by atoms with Gasteiger partial charge >= 0.3 is 5.97 Å². The van der Waals surface area contributed by atoms with E-state index in [1.807, 2.05) is 0 Å². The van der Waals surface area contributed by atoms with Gasteiger partial charge in [-0.1, -0.05) is 30.3 Å². The predicted octanol–water partition coefficient (Wildman–Crippen LogP) is 1.25. The zero-order valence-electron chi connectivity index (χ0n) is 13.2. The number of rotatable bonds is 5. The lowest BCUT2D eigenvalue weighted by Gasteiger charge is -2.23. The van der Waals surface area contributed by atoms with Crippen molar-refractivity contribution in [2.24, 2.45) is 0 Å². The van der Waals surface area contributed by atoms with Crippen LogP contribution in [0.1, 0.15) is 5.56 Å². The van der Waals surface area contributed by atoms with Gasteiger partial charge in [-0.2, -0.15) is 0 Å². The summed E-state index contributed by atoms with van der Waals surface area (Å²) in [4.78, 5) is 20.8. The van der Waals surface area contributed by atoms with Gasteiger partial charge in [0.05, 0.1) is 28.3 Å². The first kappa shape index (κ1) is 19.8. The van der Waals surface area contributed by atoms with E-state index < -0.39 is 19.7 Å². The largest absolute Gasteiger partial charge is 0.778 e. The Balaban J connectivity index is 0.000000384. The number of carbonyl (C=O) groups is 1. The van der Waals surface area contributed by atoms with Gasteiger partial charge in [-0.3, -0.25) is 4.79 Å². The van der Waals surface area contributed by atoms with E-state index in [2.05, 4.69) is 60.7 Å². The van der Waals surface area contributed by atoms with E-state index in [1.54, 1.807) is 0 Å². The van der Waals surface area contributed by atoms with Crippen molar-refractivity contribution in [3.05, 3.63) is 35.9 Å². The number of ether oxygens (including phenoxy) is 1. The summed E-state index contributed by atoms with van der Waals surface area (Å²) in [6.07, 6.45) is -0.708. The van der Waals surface area contributed by atoms with Crippen LogP contribution in [0.2, 0.25) is 0 Å². The van der Waals surface area contributed by atoms with E-state index in [0.717, 1.165) is 25.2 Å². The van der Waals surface area contributed by atoms with E-state index in [-0.39, 0.29) is 0 Å². The molecule has 0 aliphatic carbocycles. The summed E-state index contributed by atoms with van der Waals surface area (Å²) in [7, 11) is 4.74. The lowest BCUT2D eigenvalue weighted by Crippen LogP contribution is -2.33. The highest BCUT2D eigenvalue weighted by Crippen LogP contribution is 2.34. The van der Waals surface area contributed by atoms with Gasteiger partial charge in [-0.05, 0) is 0 Å². The van der Waals surface area contributed by atoms with Crippen molar-refractivity contribution >= 4 is 13.6 Å². The Labute approximate surface area is 126 Å². The Morgan fingerprint density at radius 2 is 1.71 bits per heavy atom. The molecular weight excluding hydrogens is 293 g/mol. The number of nitrogens with zero attached hydrogens (tertiary/aromatic N) is 1. The summed E-state index contributed by atoms with van der Waals surface area (Å²) >= 11 is 0. The van der Waals surface area contributed by atoms with Gasteiger partial charge in [0.25, 0.3) is 0 Å². The second-order valence-corrected chi connectivity index (χ2v) is 7.36. The third-order valence-electron chi connectivity index (χ3n) is 2.33.